The van der Waals surface area contributed by atoms with E-state index in [2.05, 4.69) is 10.5 Å². The van der Waals surface area contributed by atoms with Gasteiger partial charge in [-0.05, 0) is 30.3 Å². The molecule has 0 atom stereocenters. The molecule has 116 valence electrons. The van der Waals surface area contributed by atoms with E-state index in [9.17, 15) is 5.11 Å². The Morgan fingerprint density at radius 1 is 1.05 bits per heavy atom. The number of phenolic OH excluding ortho intramolecular Hbond substituents is 1. The summed E-state index contributed by atoms with van der Waals surface area (Å²) in [4.78, 5) is 0. The molecule has 2 rings (SSSR count). The molecule has 0 radical (unpaired) electrons. The average molecular weight is 341 g/mol. The molecule has 0 saturated heterocycles. The fourth-order valence-corrected chi connectivity index (χ4v) is 2.03. The number of ether oxygens (including phenoxy) is 2. The highest BCUT2D eigenvalue weighted by molar-refractivity contribution is 6.42. The molecule has 7 heteroatoms. The predicted octanol–water partition coefficient (Wildman–Crippen LogP) is 4.16. The summed E-state index contributed by atoms with van der Waals surface area (Å²) in [6, 6.07) is 8.37. The number of hydrogen-bond acceptors (Lipinski definition) is 5. The largest absolute Gasteiger partial charge is 0.502 e. The van der Waals surface area contributed by atoms with Crippen molar-refractivity contribution in [2.45, 2.75) is 0 Å². The van der Waals surface area contributed by atoms with Crippen LogP contribution in [-0.4, -0.2) is 25.5 Å². The number of phenols is 1. The van der Waals surface area contributed by atoms with Crippen LogP contribution in [0, 0.1) is 0 Å². The predicted molar refractivity (Wildman–Crippen MR) is 88.9 cm³/mol. The maximum absolute atomic E-state index is 9.84. The van der Waals surface area contributed by atoms with Gasteiger partial charge in [0.25, 0.3) is 0 Å². The van der Waals surface area contributed by atoms with Gasteiger partial charge in [0.1, 0.15) is 0 Å². The lowest BCUT2D eigenvalue weighted by Gasteiger charge is -2.09. The molecule has 0 spiro atoms. The summed E-state index contributed by atoms with van der Waals surface area (Å²) in [6.45, 7) is 0. The second kappa shape index (κ2) is 7.24. The Bertz CT molecular complexity index is 680. The van der Waals surface area contributed by atoms with Crippen molar-refractivity contribution < 1.29 is 14.6 Å². The summed E-state index contributed by atoms with van der Waals surface area (Å²) < 4.78 is 10.2. The van der Waals surface area contributed by atoms with Gasteiger partial charge in [0.05, 0.1) is 36.2 Å². The zero-order valence-electron chi connectivity index (χ0n) is 11.9. The zero-order chi connectivity index (χ0) is 16.1. The molecule has 0 fully saturated rings. The van der Waals surface area contributed by atoms with Crippen molar-refractivity contribution in [2.24, 2.45) is 5.10 Å². The first-order valence-corrected chi connectivity index (χ1v) is 7.00. The molecule has 0 aliphatic rings. The summed E-state index contributed by atoms with van der Waals surface area (Å²) >= 11 is 11.8. The third-order valence-corrected chi connectivity index (χ3v) is 3.57. The van der Waals surface area contributed by atoms with Gasteiger partial charge < -0.3 is 14.6 Å². The van der Waals surface area contributed by atoms with Gasteiger partial charge >= 0.3 is 0 Å². The number of benzene rings is 2. The van der Waals surface area contributed by atoms with Crippen LogP contribution in [0.1, 0.15) is 5.56 Å². The van der Waals surface area contributed by atoms with Crippen molar-refractivity contribution >= 4 is 35.1 Å². The van der Waals surface area contributed by atoms with E-state index in [0.29, 0.717) is 32.8 Å². The van der Waals surface area contributed by atoms with E-state index in [-0.39, 0.29) is 5.75 Å². The van der Waals surface area contributed by atoms with Crippen LogP contribution in [0.2, 0.25) is 10.0 Å². The van der Waals surface area contributed by atoms with Crippen LogP contribution in [0.15, 0.2) is 35.4 Å². The highest BCUT2D eigenvalue weighted by atomic mass is 35.5. The van der Waals surface area contributed by atoms with Crippen molar-refractivity contribution in [1.29, 1.82) is 0 Å². The van der Waals surface area contributed by atoms with Crippen molar-refractivity contribution in [3.8, 4) is 17.2 Å². The molecule has 2 aromatic rings. The lowest BCUT2D eigenvalue weighted by atomic mass is 10.2. The Labute approximate surface area is 138 Å². The zero-order valence-corrected chi connectivity index (χ0v) is 13.4. The van der Waals surface area contributed by atoms with Crippen molar-refractivity contribution in [3.05, 3.63) is 45.9 Å². The Hall–Kier alpha value is -2.11. The first-order valence-electron chi connectivity index (χ1n) is 6.24. The van der Waals surface area contributed by atoms with Crippen LogP contribution < -0.4 is 14.9 Å². The van der Waals surface area contributed by atoms with Gasteiger partial charge in [-0.2, -0.15) is 5.10 Å². The molecule has 0 amide bonds. The summed E-state index contributed by atoms with van der Waals surface area (Å²) in [5, 5.41) is 14.8. The van der Waals surface area contributed by atoms with E-state index in [1.807, 2.05) is 0 Å². The van der Waals surface area contributed by atoms with Crippen LogP contribution >= 0.6 is 23.2 Å². The van der Waals surface area contributed by atoms with Crippen LogP contribution in [0.4, 0.5) is 5.69 Å². The number of hydrogen-bond donors (Lipinski definition) is 2. The minimum atomic E-state index is -0.0559. The Morgan fingerprint density at radius 2 is 1.68 bits per heavy atom. The number of nitrogens with zero attached hydrogens (tertiary/aromatic N) is 1. The van der Waals surface area contributed by atoms with Crippen molar-refractivity contribution in [1.82, 2.24) is 0 Å². The van der Waals surface area contributed by atoms with Crippen LogP contribution in [0.5, 0.6) is 17.2 Å². The van der Waals surface area contributed by atoms with Gasteiger partial charge in [0.2, 0.25) is 5.75 Å². The topological polar surface area (TPSA) is 63.1 Å². The fraction of sp³-hybridized carbons (Fsp3) is 0.133. The first-order chi connectivity index (χ1) is 10.5. The minimum Gasteiger partial charge on any atom is -0.502 e. The van der Waals surface area contributed by atoms with Gasteiger partial charge in [0.15, 0.2) is 11.5 Å². The normalized spacial score (nSPS) is 10.7. The van der Waals surface area contributed by atoms with Gasteiger partial charge in [-0.1, -0.05) is 23.2 Å². The SMILES string of the molecule is COc1cc(/C=N/Nc2ccc(Cl)c(Cl)c2)cc(OC)c1O. The van der Waals surface area contributed by atoms with E-state index in [1.54, 1.807) is 36.5 Å². The molecule has 0 unspecified atom stereocenters. The third kappa shape index (κ3) is 3.75. The van der Waals surface area contributed by atoms with E-state index in [0.717, 1.165) is 0 Å². The highest BCUT2D eigenvalue weighted by Gasteiger charge is 2.10. The monoisotopic (exact) mass is 340 g/mol. The van der Waals surface area contributed by atoms with Crippen LogP contribution in [-0.2, 0) is 0 Å². The van der Waals surface area contributed by atoms with Crippen LogP contribution in [0.3, 0.4) is 0 Å². The van der Waals surface area contributed by atoms with Gasteiger partial charge in [0, 0.05) is 5.56 Å². The molecule has 0 bridgehead atoms. The summed E-state index contributed by atoms with van der Waals surface area (Å²) in [7, 11) is 2.92. The lowest BCUT2D eigenvalue weighted by molar-refractivity contribution is 0.340. The smallest absolute Gasteiger partial charge is 0.200 e. The summed E-state index contributed by atoms with van der Waals surface area (Å²) in [5.74, 6) is 0.547. The molecular formula is C15H14Cl2N2O3. The molecule has 5 nitrogen and oxygen atoms in total. The standard InChI is InChI=1S/C15H14Cl2N2O3/c1-21-13-5-9(6-14(22-2)15(13)20)8-18-19-10-3-4-11(16)12(17)7-10/h3-8,19-20H,1-2H3/b18-8+. The Morgan fingerprint density at radius 3 is 2.23 bits per heavy atom. The first kappa shape index (κ1) is 16.3. The van der Waals surface area contributed by atoms with Crippen LogP contribution in [0.25, 0.3) is 0 Å². The van der Waals surface area contributed by atoms with E-state index < -0.39 is 0 Å². The number of nitrogens with one attached hydrogen (secondary N) is 1. The molecule has 22 heavy (non-hydrogen) atoms. The average Bonchev–Trinajstić information content (AvgIpc) is 2.52. The molecular weight excluding hydrogens is 327 g/mol. The maximum atomic E-state index is 9.84. The Balaban J connectivity index is 2.17. The molecule has 0 aliphatic heterocycles. The second-order valence-electron chi connectivity index (χ2n) is 4.27. The summed E-state index contributed by atoms with van der Waals surface area (Å²) in [6.07, 6.45) is 1.56. The van der Waals surface area contributed by atoms with Gasteiger partial charge in [-0.3, -0.25) is 5.43 Å². The minimum absolute atomic E-state index is 0.0559. The third-order valence-electron chi connectivity index (χ3n) is 2.83. The number of aromatic hydroxyl groups is 1. The quantitative estimate of drug-likeness (QED) is 0.633. The van der Waals surface area contributed by atoms with E-state index in [1.165, 1.54) is 14.2 Å². The van der Waals surface area contributed by atoms with Gasteiger partial charge in [-0.25, -0.2) is 0 Å². The molecule has 0 aromatic heterocycles. The molecule has 2 aromatic carbocycles. The second-order valence-corrected chi connectivity index (χ2v) is 5.09. The van der Waals surface area contributed by atoms with E-state index >= 15 is 0 Å². The van der Waals surface area contributed by atoms with Gasteiger partial charge in [-0.15, -0.1) is 0 Å². The number of methoxy groups -OCH3 is 2. The number of anilines is 1. The van der Waals surface area contributed by atoms with Crippen molar-refractivity contribution in [2.75, 3.05) is 19.6 Å². The fourth-order valence-electron chi connectivity index (χ4n) is 1.74. The summed E-state index contributed by atoms with van der Waals surface area (Å²) in [5.41, 5.74) is 4.22. The number of rotatable bonds is 5. The number of halogens is 2. The molecule has 0 saturated carbocycles. The number of hydrazone groups is 1. The highest BCUT2D eigenvalue weighted by Crippen LogP contribution is 2.36. The van der Waals surface area contributed by atoms with Crippen molar-refractivity contribution in [3.63, 3.8) is 0 Å². The molecule has 0 heterocycles. The Kier molecular flexibility index (Phi) is 5.35. The maximum Gasteiger partial charge on any atom is 0.200 e. The lowest BCUT2D eigenvalue weighted by Crippen LogP contribution is -1.94. The van der Waals surface area contributed by atoms with E-state index in [4.69, 9.17) is 32.7 Å². The molecule has 0 aliphatic carbocycles. The molecule has 2 N–H and O–H groups in total.